The molecule has 4 heteroatoms. The lowest BCUT2D eigenvalue weighted by Crippen LogP contribution is -2.59. The van der Waals surface area contributed by atoms with E-state index in [-0.39, 0.29) is 11.4 Å². The van der Waals surface area contributed by atoms with E-state index in [1.807, 2.05) is 12.1 Å². The van der Waals surface area contributed by atoms with Crippen LogP contribution in [0.3, 0.4) is 0 Å². The van der Waals surface area contributed by atoms with Crippen molar-refractivity contribution in [2.45, 2.75) is 50.5 Å². The summed E-state index contributed by atoms with van der Waals surface area (Å²) in [5, 5.41) is 4.07. The van der Waals surface area contributed by atoms with Gasteiger partial charge in [-0.3, -0.25) is 4.79 Å². The van der Waals surface area contributed by atoms with Crippen LogP contribution in [0.4, 0.5) is 0 Å². The van der Waals surface area contributed by atoms with E-state index in [0.717, 1.165) is 23.5 Å². The van der Waals surface area contributed by atoms with Gasteiger partial charge in [0.2, 0.25) is 5.91 Å². The zero-order valence-electron chi connectivity index (χ0n) is 13.4. The van der Waals surface area contributed by atoms with E-state index in [2.05, 4.69) is 5.32 Å². The van der Waals surface area contributed by atoms with Crippen molar-refractivity contribution in [3.8, 4) is 5.75 Å². The van der Waals surface area contributed by atoms with Gasteiger partial charge in [-0.05, 0) is 80.5 Å². The lowest BCUT2D eigenvalue weighted by Gasteiger charge is -2.56. The number of hydrogen-bond acceptors (Lipinski definition) is 2. The van der Waals surface area contributed by atoms with E-state index >= 15 is 0 Å². The van der Waals surface area contributed by atoms with Gasteiger partial charge in [0, 0.05) is 10.6 Å². The summed E-state index contributed by atoms with van der Waals surface area (Å²) >= 11 is 5.85. The topological polar surface area (TPSA) is 38.3 Å². The molecule has 4 aliphatic carbocycles. The van der Waals surface area contributed by atoms with E-state index in [4.69, 9.17) is 16.3 Å². The molecule has 5 rings (SSSR count). The van der Waals surface area contributed by atoms with Gasteiger partial charge in [0.1, 0.15) is 5.75 Å². The number of nitrogens with one attached hydrogen (secondary N) is 1. The minimum atomic E-state index is 0.103. The second-order valence-electron chi connectivity index (χ2n) is 7.80. The quantitative estimate of drug-likeness (QED) is 0.877. The molecule has 0 spiro atoms. The van der Waals surface area contributed by atoms with Crippen LogP contribution in [0.1, 0.15) is 44.9 Å². The summed E-state index contributed by atoms with van der Waals surface area (Å²) in [6, 6.07) is 7.26. The number of amides is 1. The van der Waals surface area contributed by atoms with Crippen molar-refractivity contribution in [2.24, 2.45) is 17.8 Å². The summed E-state index contributed by atoms with van der Waals surface area (Å²) in [6.45, 7) is 0.416. The number of rotatable bonds is 5. The molecule has 1 amide bonds. The van der Waals surface area contributed by atoms with Crippen molar-refractivity contribution < 1.29 is 9.53 Å². The van der Waals surface area contributed by atoms with Gasteiger partial charge in [-0.25, -0.2) is 0 Å². The van der Waals surface area contributed by atoms with Crippen molar-refractivity contribution in [1.29, 1.82) is 0 Å². The van der Waals surface area contributed by atoms with Gasteiger partial charge in [-0.1, -0.05) is 11.6 Å². The molecule has 4 saturated carbocycles. The minimum Gasteiger partial charge on any atom is -0.493 e. The zero-order chi connectivity index (χ0) is 15.9. The van der Waals surface area contributed by atoms with E-state index in [1.54, 1.807) is 12.1 Å². The maximum atomic E-state index is 12.4. The Hall–Kier alpha value is -1.22. The predicted octanol–water partition coefficient (Wildman–Crippen LogP) is 4.19. The van der Waals surface area contributed by atoms with Crippen LogP contribution >= 0.6 is 11.6 Å². The second kappa shape index (κ2) is 6.01. The lowest BCUT2D eigenvalue weighted by molar-refractivity contribution is -0.127. The number of carbonyl (C=O) groups excluding carboxylic acids is 1. The first-order valence-electron chi connectivity index (χ1n) is 8.80. The molecule has 23 heavy (non-hydrogen) atoms. The summed E-state index contributed by atoms with van der Waals surface area (Å²) in [5.41, 5.74) is 0.103. The van der Waals surface area contributed by atoms with Gasteiger partial charge in [0.15, 0.2) is 0 Å². The van der Waals surface area contributed by atoms with Crippen LogP contribution in [0.2, 0.25) is 5.02 Å². The first-order chi connectivity index (χ1) is 11.1. The summed E-state index contributed by atoms with van der Waals surface area (Å²) in [6.07, 6.45) is 8.21. The Bertz CT molecular complexity index is 548. The first-order valence-corrected chi connectivity index (χ1v) is 9.17. The highest BCUT2D eigenvalue weighted by Gasteiger charge is 2.51. The highest BCUT2D eigenvalue weighted by molar-refractivity contribution is 6.30. The highest BCUT2D eigenvalue weighted by Crippen LogP contribution is 2.55. The molecule has 4 aliphatic rings. The average Bonchev–Trinajstić information content (AvgIpc) is 2.47. The molecule has 0 atom stereocenters. The Balaban J connectivity index is 1.28. The molecule has 0 saturated heterocycles. The molecule has 0 radical (unpaired) electrons. The van der Waals surface area contributed by atoms with Gasteiger partial charge in [0.25, 0.3) is 0 Å². The third kappa shape index (κ3) is 3.35. The molecule has 1 aromatic rings. The third-order valence-corrected chi connectivity index (χ3v) is 6.11. The molecule has 0 aromatic heterocycles. The second-order valence-corrected chi connectivity index (χ2v) is 8.23. The molecule has 1 aromatic carbocycles. The molecule has 0 unspecified atom stereocenters. The van der Waals surface area contributed by atoms with Crippen LogP contribution in [-0.4, -0.2) is 18.1 Å². The maximum absolute atomic E-state index is 12.4. The van der Waals surface area contributed by atoms with E-state index in [9.17, 15) is 4.79 Å². The van der Waals surface area contributed by atoms with Crippen LogP contribution in [0.15, 0.2) is 24.3 Å². The number of halogens is 1. The van der Waals surface area contributed by atoms with Crippen molar-refractivity contribution >= 4 is 17.5 Å². The zero-order valence-corrected chi connectivity index (χ0v) is 14.1. The van der Waals surface area contributed by atoms with Crippen LogP contribution in [0.5, 0.6) is 5.75 Å². The van der Waals surface area contributed by atoms with Crippen molar-refractivity contribution in [2.75, 3.05) is 6.61 Å². The molecular weight excluding hydrogens is 310 g/mol. The standard InChI is InChI=1S/C19H24ClNO2/c20-16-1-3-17(4-2-16)23-6-5-18(22)21-19-10-13-7-14(11-19)9-15(8-13)12-19/h1-4,13-15H,5-12H2,(H,21,22). The van der Waals surface area contributed by atoms with Gasteiger partial charge in [0.05, 0.1) is 13.0 Å². The molecule has 1 N–H and O–H groups in total. The normalized spacial score (nSPS) is 34.4. The number of carbonyl (C=O) groups is 1. The Labute approximate surface area is 142 Å². The van der Waals surface area contributed by atoms with Crippen LogP contribution < -0.4 is 10.1 Å². The van der Waals surface area contributed by atoms with Crippen LogP contribution in [0.25, 0.3) is 0 Å². The third-order valence-electron chi connectivity index (χ3n) is 5.85. The van der Waals surface area contributed by atoms with Crippen LogP contribution in [0, 0.1) is 17.8 Å². The number of benzene rings is 1. The fourth-order valence-electron chi connectivity index (χ4n) is 5.41. The molecule has 4 fully saturated rings. The molecular formula is C19H24ClNO2. The van der Waals surface area contributed by atoms with Crippen molar-refractivity contribution in [1.82, 2.24) is 5.32 Å². The Morgan fingerprint density at radius 2 is 1.65 bits per heavy atom. The summed E-state index contributed by atoms with van der Waals surface area (Å²) in [4.78, 5) is 12.4. The average molecular weight is 334 g/mol. The molecule has 0 heterocycles. The monoisotopic (exact) mass is 333 g/mol. The lowest BCUT2D eigenvalue weighted by atomic mass is 9.53. The summed E-state index contributed by atoms with van der Waals surface area (Å²) < 4.78 is 5.63. The SMILES string of the molecule is O=C(CCOc1ccc(Cl)cc1)NC12CC3CC(CC(C3)C1)C2. The first kappa shape index (κ1) is 15.3. The molecule has 3 nitrogen and oxygen atoms in total. The van der Waals surface area contributed by atoms with Gasteiger partial charge in [-0.15, -0.1) is 0 Å². The molecule has 124 valence electrons. The fourth-order valence-corrected chi connectivity index (χ4v) is 5.54. The number of hydrogen-bond donors (Lipinski definition) is 1. The van der Waals surface area contributed by atoms with Crippen molar-refractivity contribution in [3.63, 3.8) is 0 Å². The van der Waals surface area contributed by atoms with Gasteiger partial charge < -0.3 is 10.1 Å². The van der Waals surface area contributed by atoms with E-state index in [1.165, 1.54) is 38.5 Å². The Kier molecular flexibility index (Phi) is 4.00. The highest BCUT2D eigenvalue weighted by atomic mass is 35.5. The van der Waals surface area contributed by atoms with E-state index in [0.29, 0.717) is 18.1 Å². The largest absolute Gasteiger partial charge is 0.493 e. The summed E-state index contributed by atoms with van der Waals surface area (Å²) in [5.74, 6) is 3.46. The minimum absolute atomic E-state index is 0.103. The smallest absolute Gasteiger partial charge is 0.223 e. The van der Waals surface area contributed by atoms with E-state index < -0.39 is 0 Å². The van der Waals surface area contributed by atoms with Gasteiger partial charge in [-0.2, -0.15) is 0 Å². The van der Waals surface area contributed by atoms with Crippen LogP contribution in [-0.2, 0) is 4.79 Å². The van der Waals surface area contributed by atoms with Gasteiger partial charge >= 0.3 is 0 Å². The number of ether oxygens (including phenoxy) is 1. The van der Waals surface area contributed by atoms with Crippen molar-refractivity contribution in [3.05, 3.63) is 29.3 Å². The summed E-state index contributed by atoms with van der Waals surface area (Å²) in [7, 11) is 0. The maximum Gasteiger partial charge on any atom is 0.223 e. The molecule has 4 bridgehead atoms. The Morgan fingerprint density at radius 3 is 2.22 bits per heavy atom. The molecule has 0 aliphatic heterocycles. The predicted molar refractivity (Wildman–Crippen MR) is 90.6 cm³/mol. The Morgan fingerprint density at radius 1 is 1.09 bits per heavy atom. The fraction of sp³-hybridized carbons (Fsp3) is 0.632.